The SMILES string of the molecule is COc1cccc(Cl)c1-c1nc(Cl)c(F)c(Cl)n1. The molecule has 0 aliphatic carbocycles. The molecule has 0 aliphatic heterocycles. The Morgan fingerprint density at radius 1 is 1.11 bits per heavy atom. The van der Waals surface area contributed by atoms with Gasteiger partial charge in [-0.15, -0.1) is 0 Å². The molecule has 0 unspecified atom stereocenters. The van der Waals surface area contributed by atoms with Gasteiger partial charge in [-0.05, 0) is 12.1 Å². The van der Waals surface area contributed by atoms with E-state index in [4.69, 9.17) is 39.5 Å². The normalized spacial score (nSPS) is 10.5. The highest BCUT2D eigenvalue weighted by Gasteiger charge is 2.17. The minimum Gasteiger partial charge on any atom is -0.496 e. The van der Waals surface area contributed by atoms with Crippen LogP contribution in [0.2, 0.25) is 15.3 Å². The highest BCUT2D eigenvalue weighted by Crippen LogP contribution is 2.35. The van der Waals surface area contributed by atoms with Crippen LogP contribution in [0.25, 0.3) is 11.4 Å². The van der Waals surface area contributed by atoms with Crippen molar-refractivity contribution in [3.05, 3.63) is 39.3 Å². The molecule has 0 fully saturated rings. The summed E-state index contributed by atoms with van der Waals surface area (Å²) in [5, 5.41) is -0.382. The second-order valence-corrected chi connectivity index (χ2v) is 4.38. The summed E-state index contributed by atoms with van der Waals surface area (Å²) in [4.78, 5) is 7.61. The zero-order chi connectivity index (χ0) is 13.3. The maximum Gasteiger partial charge on any atom is 0.197 e. The van der Waals surface area contributed by atoms with Gasteiger partial charge in [-0.3, -0.25) is 0 Å². The van der Waals surface area contributed by atoms with Crippen LogP contribution >= 0.6 is 34.8 Å². The highest BCUT2D eigenvalue weighted by atomic mass is 35.5. The van der Waals surface area contributed by atoms with Crippen LogP contribution in [0.15, 0.2) is 18.2 Å². The van der Waals surface area contributed by atoms with Crippen LogP contribution < -0.4 is 4.74 Å². The molecule has 0 aliphatic rings. The molecule has 3 nitrogen and oxygen atoms in total. The maximum absolute atomic E-state index is 13.3. The Morgan fingerprint density at radius 2 is 1.72 bits per heavy atom. The lowest BCUT2D eigenvalue weighted by atomic mass is 10.2. The lowest BCUT2D eigenvalue weighted by Crippen LogP contribution is -1.97. The summed E-state index contributed by atoms with van der Waals surface area (Å²) in [5.41, 5.74) is 0.408. The number of rotatable bonds is 2. The van der Waals surface area contributed by atoms with Gasteiger partial charge >= 0.3 is 0 Å². The van der Waals surface area contributed by atoms with Crippen molar-refractivity contribution >= 4 is 34.8 Å². The summed E-state index contributed by atoms with van der Waals surface area (Å²) in [6.07, 6.45) is 0. The molecular weight excluding hydrogens is 301 g/mol. The first-order valence-electron chi connectivity index (χ1n) is 4.76. The van der Waals surface area contributed by atoms with Crippen LogP contribution in [0.5, 0.6) is 5.75 Å². The monoisotopic (exact) mass is 306 g/mol. The molecule has 18 heavy (non-hydrogen) atoms. The number of ether oxygens (including phenoxy) is 1. The molecule has 1 heterocycles. The van der Waals surface area contributed by atoms with Crippen molar-refractivity contribution in [2.45, 2.75) is 0 Å². The molecule has 1 aromatic heterocycles. The second kappa shape index (κ2) is 5.26. The van der Waals surface area contributed by atoms with Crippen molar-refractivity contribution in [3.8, 4) is 17.1 Å². The minimum absolute atomic E-state index is 0.105. The number of hydrogen-bond acceptors (Lipinski definition) is 3. The Kier molecular flexibility index (Phi) is 3.90. The fourth-order valence-corrected chi connectivity index (χ4v) is 2.04. The smallest absolute Gasteiger partial charge is 0.197 e. The summed E-state index contributed by atoms with van der Waals surface area (Å²) in [6, 6.07) is 5.01. The van der Waals surface area contributed by atoms with Crippen LogP contribution in [0, 0.1) is 5.82 Å². The number of aromatic nitrogens is 2. The largest absolute Gasteiger partial charge is 0.496 e. The van der Waals surface area contributed by atoms with Gasteiger partial charge in [-0.1, -0.05) is 40.9 Å². The molecule has 0 N–H and O–H groups in total. The average Bonchev–Trinajstić information content (AvgIpc) is 2.35. The topological polar surface area (TPSA) is 35.0 Å². The maximum atomic E-state index is 13.3. The molecule has 0 saturated heterocycles. The van der Waals surface area contributed by atoms with Crippen LogP contribution in [0.4, 0.5) is 4.39 Å². The molecule has 0 atom stereocenters. The van der Waals surface area contributed by atoms with E-state index in [1.165, 1.54) is 7.11 Å². The Hall–Kier alpha value is -1.10. The fourth-order valence-electron chi connectivity index (χ4n) is 1.40. The van der Waals surface area contributed by atoms with E-state index in [0.29, 0.717) is 16.3 Å². The molecule has 2 rings (SSSR count). The van der Waals surface area contributed by atoms with Crippen LogP contribution in [0.3, 0.4) is 0 Å². The summed E-state index contributed by atoms with van der Waals surface area (Å²) in [6.45, 7) is 0. The number of hydrogen-bond donors (Lipinski definition) is 0. The van der Waals surface area contributed by atoms with Gasteiger partial charge in [0.2, 0.25) is 0 Å². The fraction of sp³-hybridized carbons (Fsp3) is 0.0909. The predicted molar refractivity (Wildman–Crippen MR) is 69.0 cm³/mol. The van der Waals surface area contributed by atoms with Crippen molar-refractivity contribution in [2.24, 2.45) is 0 Å². The van der Waals surface area contributed by atoms with Gasteiger partial charge in [0.1, 0.15) is 5.75 Å². The van der Waals surface area contributed by atoms with Gasteiger partial charge in [-0.25, -0.2) is 14.4 Å². The Morgan fingerprint density at radius 3 is 2.28 bits per heavy atom. The van der Waals surface area contributed by atoms with Crippen molar-refractivity contribution < 1.29 is 9.13 Å². The minimum atomic E-state index is -0.867. The first-order chi connectivity index (χ1) is 8.54. The van der Waals surface area contributed by atoms with Crippen molar-refractivity contribution in [1.29, 1.82) is 0 Å². The summed E-state index contributed by atoms with van der Waals surface area (Å²) < 4.78 is 18.4. The van der Waals surface area contributed by atoms with Crippen molar-refractivity contribution in [2.75, 3.05) is 7.11 Å². The van der Waals surface area contributed by atoms with E-state index in [1.807, 2.05) is 0 Å². The highest BCUT2D eigenvalue weighted by molar-refractivity contribution is 6.34. The van der Waals surface area contributed by atoms with E-state index in [2.05, 4.69) is 9.97 Å². The third-order valence-electron chi connectivity index (χ3n) is 2.19. The van der Waals surface area contributed by atoms with Crippen molar-refractivity contribution in [1.82, 2.24) is 9.97 Å². The van der Waals surface area contributed by atoms with E-state index in [1.54, 1.807) is 18.2 Å². The summed E-state index contributed by atoms with van der Waals surface area (Å²) in [7, 11) is 1.47. The van der Waals surface area contributed by atoms with Gasteiger partial charge in [0.25, 0.3) is 0 Å². The average molecular weight is 308 g/mol. The van der Waals surface area contributed by atoms with Gasteiger partial charge in [-0.2, -0.15) is 0 Å². The molecule has 94 valence electrons. The van der Waals surface area contributed by atoms with E-state index in [9.17, 15) is 4.39 Å². The molecule has 0 saturated carbocycles. The van der Waals surface area contributed by atoms with E-state index in [0.717, 1.165) is 0 Å². The third-order valence-corrected chi connectivity index (χ3v) is 3.01. The zero-order valence-electron chi connectivity index (χ0n) is 9.05. The van der Waals surface area contributed by atoms with Gasteiger partial charge in [0, 0.05) is 0 Å². The first-order valence-corrected chi connectivity index (χ1v) is 5.89. The first kappa shape index (κ1) is 13.3. The number of methoxy groups -OCH3 is 1. The lowest BCUT2D eigenvalue weighted by molar-refractivity contribution is 0.416. The molecule has 1 aromatic carbocycles. The molecule has 2 aromatic rings. The van der Waals surface area contributed by atoms with Gasteiger partial charge in [0.15, 0.2) is 21.9 Å². The van der Waals surface area contributed by atoms with E-state index < -0.39 is 5.82 Å². The van der Waals surface area contributed by atoms with E-state index in [-0.39, 0.29) is 16.1 Å². The summed E-state index contributed by atoms with van der Waals surface area (Å²) in [5.74, 6) is -0.316. The second-order valence-electron chi connectivity index (χ2n) is 3.26. The van der Waals surface area contributed by atoms with E-state index >= 15 is 0 Å². The van der Waals surface area contributed by atoms with Crippen LogP contribution in [0.1, 0.15) is 0 Å². The molecule has 0 radical (unpaired) electrons. The molecule has 0 spiro atoms. The lowest BCUT2D eigenvalue weighted by Gasteiger charge is -2.09. The quantitative estimate of drug-likeness (QED) is 0.778. The standard InChI is InChI=1S/C11H6Cl3FN2O/c1-18-6-4-2-3-5(12)7(6)11-16-9(13)8(15)10(14)17-11/h2-4H,1H3. The Balaban J connectivity index is 2.69. The van der Waals surface area contributed by atoms with Crippen LogP contribution in [-0.2, 0) is 0 Å². The number of halogens is 4. The van der Waals surface area contributed by atoms with Crippen molar-refractivity contribution in [3.63, 3.8) is 0 Å². The Bertz CT molecular complexity index is 584. The third kappa shape index (κ3) is 2.36. The zero-order valence-corrected chi connectivity index (χ0v) is 11.3. The molecule has 0 amide bonds. The molecule has 0 bridgehead atoms. The number of benzene rings is 1. The number of nitrogens with zero attached hydrogens (tertiary/aromatic N) is 2. The predicted octanol–water partition coefficient (Wildman–Crippen LogP) is 4.25. The molecule has 7 heteroatoms. The molecular formula is C11H6Cl3FN2O. The van der Waals surface area contributed by atoms with Gasteiger partial charge < -0.3 is 4.74 Å². The Labute approximate surface area is 117 Å². The van der Waals surface area contributed by atoms with Gasteiger partial charge in [0.05, 0.1) is 17.7 Å². The van der Waals surface area contributed by atoms with Crippen LogP contribution in [-0.4, -0.2) is 17.1 Å². The summed E-state index contributed by atoms with van der Waals surface area (Å²) >= 11 is 17.3.